The predicted molar refractivity (Wildman–Crippen MR) is 74.6 cm³/mol. The Balaban J connectivity index is 1.84. The molecule has 0 atom stereocenters. The third-order valence-corrected chi connectivity index (χ3v) is 4.07. The minimum atomic E-state index is -1.12. The van der Waals surface area contributed by atoms with Crippen molar-refractivity contribution in [1.29, 1.82) is 0 Å². The molecule has 8 nitrogen and oxygen atoms in total. The number of hydrogen-bond acceptors (Lipinski definition) is 5. The van der Waals surface area contributed by atoms with Crippen LogP contribution in [-0.4, -0.2) is 45.1 Å². The van der Waals surface area contributed by atoms with Crippen LogP contribution in [0, 0.1) is 5.41 Å². The molecule has 1 heterocycles. The van der Waals surface area contributed by atoms with Gasteiger partial charge in [0.05, 0.1) is 18.2 Å². The highest BCUT2D eigenvalue weighted by atomic mass is 16.4. The summed E-state index contributed by atoms with van der Waals surface area (Å²) in [4.78, 5) is 23.0. The lowest BCUT2D eigenvalue weighted by atomic mass is 9.73. The summed E-state index contributed by atoms with van der Waals surface area (Å²) in [5, 5.41) is 18.8. The van der Waals surface area contributed by atoms with Crippen LogP contribution in [0.15, 0.2) is 6.20 Å². The molecule has 116 valence electrons. The van der Waals surface area contributed by atoms with E-state index in [4.69, 9.17) is 10.8 Å². The van der Waals surface area contributed by atoms with Gasteiger partial charge in [0.15, 0.2) is 5.69 Å². The molecule has 1 amide bonds. The van der Waals surface area contributed by atoms with Gasteiger partial charge in [0.2, 0.25) is 5.91 Å². The van der Waals surface area contributed by atoms with Crippen LogP contribution in [0.2, 0.25) is 0 Å². The molecule has 0 bridgehead atoms. The average molecular weight is 295 g/mol. The molecule has 0 unspecified atom stereocenters. The van der Waals surface area contributed by atoms with Crippen LogP contribution < -0.4 is 11.1 Å². The monoisotopic (exact) mass is 295 g/mol. The van der Waals surface area contributed by atoms with Gasteiger partial charge in [-0.2, -0.15) is 0 Å². The number of nitrogens with two attached hydrogens (primary N) is 1. The molecule has 0 aliphatic heterocycles. The summed E-state index contributed by atoms with van der Waals surface area (Å²) in [6.45, 7) is 1.13. The Labute approximate surface area is 122 Å². The summed E-state index contributed by atoms with van der Waals surface area (Å²) in [7, 11) is 0. The highest BCUT2D eigenvalue weighted by molar-refractivity contribution is 5.84. The van der Waals surface area contributed by atoms with E-state index < -0.39 is 11.4 Å². The second-order valence-electron chi connectivity index (χ2n) is 5.47. The molecule has 1 fully saturated rings. The minimum Gasteiger partial charge on any atom is -0.476 e. The number of rotatable bonds is 6. The van der Waals surface area contributed by atoms with Gasteiger partial charge in [-0.05, 0) is 12.8 Å². The van der Waals surface area contributed by atoms with Crippen molar-refractivity contribution >= 4 is 11.9 Å². The first-order valence-electron chi connectivity index (χ1n) is 7.19. The van der Waals surface area contributed by atoms with Crippen molar-refractivity contribution in [1.82, 2.24) is 20.3 Å². The molecule has 0 radical (unpaired) electrons. The molecule has 0 saturated heterocycles. The first-order chi connectivity index (χ1) is 10.1. The minimum absolute atomic E-state index is 0.0109. The topological polar surface area (TPSA) is 123 Å². The van der Waals surface area contributed by atoms with E-state index in [1.165, 1.54) is 10.9 Å². The summed E-state index contributed by atoms with van der Waals surface area (Å²) < 4.78 is 1.40. The summed E-state index contributed by atoms with van der Waals surface area (Å²) in [6.07, 6.45) is 6.24. The Kier molecular flexibility index (Phi) is 4.89. The molecular formula is C13H21N5O3. The van der Waals surface area contributed by atoms with Crippen molar-refractivity contribution in [3.05, 3.63) is 11.9 Å². The van der Waals surface area contributed by atoms with Crippen LogP contribution in [0.1, 0.15) is 42.6 Å². The third-order valence-electron chi connectivity index (χ3n) is 4.07. The fraction of sp³-hybridized carbons (Fsp3) is 0.692. The maximum absolute atomic E-state index is 12.3. The van der Waals surface area contributed by atoms with Gasteiger partial charge in [0, 0.05) is 13.1 Å². The Morgan fingerprint density at radius 2 is 2.10 bits per heavy atom. The number of carboxylic acids is 1. The number of nitrogens with zero attached hydrogens (tertiary/aromatic N) is 3. The molecule has 8 heteroatoms. The molecule has 0 aromatic carbocycles. The smallest absolute Gasteiger partial charge is 0.358 e. The van der Waals surface area contributed by atoms with Crippen molar-refractivity contribution in [3.63, 3.8) is 0 Å². The zero-order chi connectivity index (χ0) is 15.3. The van der Waals surface area contributed by atoms with Crippen LogP contribution in [0.4, 0.5) is 0 Å². The molecule has 21 heavy (non-hydrogen) atoms. The first-order valence-corrected chi connectivity index (χ1v) is 7.19. The predicted octanol–water partition coefficient (Wildman–Crippen LogP) is 0.00170. The number of carbonyl (C=O) groups excluding carboxylic acids is 1. The van der Waals surface area contributed by atoms with E-state index >= 15 is 0 Å². The molecule has 2 rings (SSSR count). The van der Waals surface area contributed by atoms with Crippen molar-refractivity contribution in [3.8, 4) is 0 Å². The number of aromatic carboxylic acids is 1. The van der Waals surface area contributed by atoms with E-state index in [9.17, 15) is 9.59 Å². The number of amides is 1. The molecule has 1 aliphatic rings. The summed E-state index contributed by atoms with van der Waals surface area (Å²) in [5.74, 6) is -1.13. The van der Waals surface area contributed by atoms with E-state index in [1.54, 1.807) is 0 Å². The standard InChI is InChI=1S/C13H21N5O3/c14-9-13(4-2-1-3-5-13)12(21)15-6-7-18-8-10(11(19)20)16-17-18/h8H,1-7,9,14H2,(H,15,21)(H,19,20). The highest BCUT2D eigenvalue weighted by Crippen LogP contribution is 2.35. The molecule has 4 N–H and O–H groups in total. The Morgan fingerprint density at radius 1 is 1.38 bits per heavy atom. The fourth-order valence-electron chi connectivity index (χ4n) is 2.73. The van der Waals surface area contributed by atoms with Gasteiger partial charge in [0.25, 0.3) is 0 Å². The lowest BCUT2D eigenvalue weighted by Gasteiger charge is -2.34. The van der Waals surface area contributed by atoms with Gasteiger partial charge in [0.1, 0.15) is 0 Å². The van der Waals surface area contributed by atoms with E-state index in [0.717, 1.165) is 32.1 Å². The summed E-state index contributed by atoms with van der Waals surface area (Å²) >= 11 is 0. The van der Waals surface area contributed by atoms with Crippen LogP contribution >= 0.6 is 0 Å². The lowest BCUT2D eigenvalue weighted by Crippen LogP contribution is -2.47. The Hall–Kier alpha value is -1.96. The zero-order valence-corrected chi connectivity index (χ0v) is 11.9. The summed E-state index contributed by atoms with van der Waals surface area (Å²) in [6, 6.07) is 0. The van der Waals surface area contributed by atoms with E-state index in [1.807, 2.05) is 0 Å². The molecule has 0 spiro atoms. The average Bonchev–Trinajstić information content (AvgIpc) is 2.97. The Morgan fingerprint density at radius 3 is 2.67 bits per heavy atom. The number of hydrogen-bond donors (Lipinski definition) is 3. The number of carbonyl (C=O) groups is 2. The maximum atomic E-state index is 12.3. The molecule has 1 aromatic rings. The van der Waals surface area contributed by atoms with Crippen LogP contribution in [0.25, 0.3) is 0 Å². The van der Waals surface area contributed by atoms with Gasteiger partial charge in [-0.25, -0.2) is 9.48 Å². The van der Waals surface area contributed by atoms with Crippen molar-refractivity contribution in [2.45, 2.75) is 38.6 Å². The molecule has 1 aliphatic carbocycles. The van der Waals surface area contributed by atoms with Crippen LogP contribution in [0.3, 0.4) is 0 Å². The van der Waals surface area contributed by atoms with E-state index in [2.05, 4.69) is 15.6 Å². The second-order valence-corrected chi connectivity index (χ2v) is 5.47. The van der Waals surface area contributed by atoms with Gasteiger partial charge < -0.3 is 16.2 Å². The number of carboxylic acid groups (broad SMARTS) is 1. The van der Waals surface area contributed by atoms with Crippen LogP contribution in [-0.2, 0) is 11.3 Å². The van der Waals surface area contributed by atoms with E-state index in [-0.39, 0.29) is 11.6 Å². The van der Waals surface area contributed by atoms with Gasteiger partial charge in [-0.3, -0.25) is 4.79 Å². The fourth-order valence-corrected chi connectivity index (χ4v) is 2.73. The van der Waals surface area contributed by atoms with Gasteiger partial charge in [-0.1, -0.05) is 24.5 Å². The SMILES string of the molecule is NCC1(C(=O)NCCn2cc(C(=O)O)nn2)CCCCC1. The maximum Gasteiger partial charge on any atom is 0.358 e. The lowest BCUT2D eigenvalue weighted by molar-refractivity contribution is -0.132. The van der Waals surface area contributed by atoms with Gasteiger partial charge >= 0.3 is 5.97 Å². The second kappa shape index (κ2) is 6.66. The van der Waals surface area contributed by atoms with Crippen molar-refractivity contribution < 1.29 is 14.7 Å². The number of aromatic nitrogens is 3. The molecule has 1 saturated carbocycles. The molecule has 1 aromatic heterocycles. The zero-order valence-electron chi connectivity index (χ0n) is 11.9. The first kappa shape index (κ1) is 15.4. The van der Waals surface area contributed by atoms with Gasteiger partial charge in [-0.15, -0.1) is 5.10 Å². The highest BCUT2D eigenvalue weighted by Gasteiger charge is 2.37. The van der Waals surface area contributed by atoms with E-state index in [0.29, 0.717) is 19.6 Å². The van der Waals surface area contributed by atoms with Crippen molar-refractivity contribution in [2.24, 2.45) is 11.1 Å². The third kappa shape index (κ3) is 3.57. The van der Waals surface area contributed by atoms with Crippen molar-refractivity contribution in [2.75, 3.05) is 13.1 Å². The Bertz CT molecular complexity index is 508. The summed E-state index contributed by atoms with van der Waals surface area (Å²) in [5.41, 5.74) is 5.26. The molecular weight excluding hydrogens is 274 g/mol. The quantitative estimate of drug-likeness (QED) is 0.679. The normalized spacial score (nSPS) is 17.4. The largest absolute Gasteiger partial charge is 0.476 e. The number of nitrogens with one attached hydrogen (secondary N) is 1. The van der Waals surface area contributed by atoms with Crippen LogP contribution in [0.5, 0.6) is 0 Å².